The monoisotopic (exact) mass is 277 g/mol. The first-order valence-electron chi connectivity index (χ1n) is 4.94. The van der Waals surface area contributed by atoms with Crippen molar-refractivity contribution in [3.8, 4) is 6.07 Å². The Labute approximate surface area is 102 Å². The second kappa shape index (κ2) is 3.91. The summed E-state index contributed by atoms with van der Waals surface area (Å²) in [6.45, 7) is 0. The van der Waals surface area contributed by atoms with Crippen LogP contribution in [0.5, 0.6) is 0 Å². The molecular weight excluding hydrogens is 273 g/mol. The van der Waals surface area contributed by atoms with Crippen molar-refractivity contribution in [1.29, 1.82) is 5.26 Å². The number of nitrogens with zero attached hydrogens (tertiary/aromatic N) is 1. The van der Waals surface area contributed by atoms with Crippen molar-refractivity contribution in [2.75, 3.05) is 0 Å². The number of carboxylic acids is 1. The van der Waals surface area contributed by atoms with Gasteiger partial charge in [-0.15, -0.1) is 0 Å². The van der Waals surface area contributed by atoms with E-state index in [1.54, 1.807) is 0 Å². The summed E-state index contributed by atoms with van der Waals surface area (Å²) in [6, 6.07) is 1.34. The van der Waals surface area contributed by atoms with Crippen LogP contribution in [0, 0.1) is 45.8 Å². The van der Waals surface area contributed by atoms with Crippen LogP contribution in [0.15, 0.2) is 0 Å². The molecule has 8 heteroatoms. The third kappa shape index (κ3) is 1.58. The second-order valence-corrected chi connectivity index (χ2v) is 4.13. The van der Waals surface area contributed by atoms with E-state index in [1.807, 2.05) is 0 Å². The van der Waals surface area contributed by atoms with Crippen LogP contribution in [0.25, 0.3) is 0 Å². The molecule has 1 aromatic rings. The minimum atomic E-state index is -2.32. The lowest BCUT2D eigenvalue weighted by Gasteiger charge is -2.08. The summed E-state index contributed by atoms with van der Waals surface area (Å²) in [7, 11) is 0. The number of carbonyl (C=O) groups is 1. The lowest BCUT2D eigenvalue weighted by atomic mass is 9.99. The van der Waals surface area contributed by atoms with Crippen molar-refractivity contribution in [1.82, 2.24) is 0 Å². The Morgan fingerprint density at radius 2 is 1.53 bits per heavy atom. The van der Waals surface area contributed by atoms with Gasteiger partial charge in [-0.25, -0.2) is 22.0 Å². The van der Waals surface area contributed by atoms with E-state index < -0.39 is 58.4 Å². The zero-order chi connectivity index (χ0) is 14.5. The van der Waals surface area contributed by atoms with Gasteiger partial charge in [0, 0.05) is 11.5 Å². The van der Waals surface area contributed by atoms with Gasteiger partial charge in [0.2, 0.25) is 5.82 Å². The molecule has 0 bridgehead atoms. The van der Waals surface area contributed by atoms with E-state index in [4.69, 9.17) is 10.4 Å². The molecule has 100 valence electrons. The van der Waals surface area contributed by atoms with Crippen LogP contribution in [0.1, 0.15) is 17.9 Å². The Morgan fingerprint density at radius 3 is 1.84 bits per heavy atom. The van der Waals surface area contributed by atoms with Crippen molar-refractivity contribution < 1.29 is 31.9 Å². The Bertz CT molecular complexity index is 610. The zero-order valence-corrected chi connectivity index (χ0v) is 8.98. The normalized spacial score (nSPS) is 24.9. The molecule has 0 aliphatic heterocycles. The maximum atomic E-state index is 13.4. The lowest BCUT2D eigenvalue weighted by Crippen LogP contribution is -2.17. The summed E-state index contributed by atoms with van der Waals surface area (Å²) >= 11 is 0. The van der Waals surface area contributed by atoms with Crippen LogP contribution < -0.4 is 0 Å². The molecule has 0 aromatic heterocycles. The maximum Gasteiger partial charge on any atom is 0.324 e. The van der Waals surface area contributed by atoms with Crippen molar-refractivity contribution >= 4 is 5.97 Å². The number of aliphatic carboxylic acids is 1. The van der Waals surface area contributed by atoms with Gasteiger partial charge in [-0.3, -0.25) is 4.79 Å². The van der Waals surface area contributed by atoms with Gasteiger partial charge in [0.15, 0.2) is 28.7 Å². The summed E-state index contributed by atoms with van der Waals surface area (Å²) < 4.78 is 65.5. The molecular formula is C11H4F5NO2. The molecule has 1 N–H and O–H groups in total. The predicted octanol–water partition coefficient (Wildman–Crippen LogP) is 2.46. The van der Waals surface area contributed by atoms with Gasteiger partial charge in [-0.2, -0.15) is 5.26 Å². The summed E-state index contributed by atoms with van der Waals surface area (Å²) in [5.74, 6) is -14.0. The number of benzene rings is 1. The van der Waals surface area contributed by atoms with Gasteiger partial charge in [0.1, 0.15) is 0 Å². The molecule has 2 unspecified atom stereocenters. The highest BCUT2D eigenvalue weighted by molar-refractivity contribution is 5.84. The quantitative estimate of drug-likeness (QED) is 0.513. The first-order chi connectivity index (χ1) is 8.77. The molecule has 1 aromatic carbocycles. The second-order valence-electron chi connectivity index (χ2n) is 4.13. The molecule has 1 aliphatic rings. The molecule has 1 saturated carbocycles. The standard InChI is InChI=1S/C11H4F5NO2/c12-5-4(3-1-11(3,2-17)10(18)19)6(13)8(15)9(16)7(5)14/h3H,1H2,(H,18,19). The molecule has 0 heterocycles. The third-order valence-electron chi connectivity index (χ3n) is 3.13. The SMILES string of the molecule is N#CC1(C(=O)O)CC1c1c(F)c(F)c(F)c(F)c1F. The van der Waals surface area contributed by atoms with E-state index in [-0.39, 0.29) is 0 Å². The Hall–Kier alpha value is -2.17. The number of nitriles is 1. The van der Waals surface area contributed by atoms with E-state index in [2.05, 4.69) is 0 Å². The molecule has 3 nitrogen and oxygen atoms in total. The van der Waals surface area contributed by atoms with Crippen molar-refractivity contribution in [2.45, 2.75) is 12.3 Å². The summed E-state index contributed by atoms with van der Waals surface area (Å²) in [6.07, 6.45) is -0.503. The van der Waals surface area contributed by atoms with Crippen LogP contribution in [-0.2, 0) is 4.79 Å². The summed E-state index contributed by atoms with van der Waals surface area (Å²) in [4.78, 5) is 10.8. The van der Waals surface area contributed by atoms with E-state index in [0.717, 1.165) is 0 Å². The van der Waals surface area contributed by atoms with Crippen molar-refractivity contribution in [3.05, 3.63) is 34.6 Å². The number of halogens is 5. The van der Waals surface area contributed by atoms with Gasteiger partial charge < -0.3 is 5.11 Å². The summed E-state index contributed by atoms with van der Waals surface area (Å²) in [5, 5.41) is 17.5. The summed E-state index contributed by atoms with van der Waals surface area (Å²) in [5.41, 5.74) is -3.39. The van der Waals surface area contributed by atoms with Gasteiger partial charge in [0.25, 0.3) is 0 Å². The van der Waals surface area contributed by atoms with E-state index in [1.165, 1.54) is 6.07 Å². The Balaban J connectivity index is 2.62. The van der Waals surface area contributed by atoms with Crippen LogP contribution in [0.3, 0.4) is 0 Å². The molecule has 1 fully saturated rings. The van der Waals surface area contributed by atoms with Gasteiger partial charge in [0.05, 0.1) is 6.07 Å². The molecule has 19 heavy (non-hydrogen) atoms. The maximum absolute atomic E-state index is 13.4. The fourth-order valence-electron chi connectivity index (χ4n) is 1.95. The Kier molecular flexibility index (Phi) is 2.73. The van der Waals surface area contributed by atoms with E-state index in [9.17, 15) is 26.7 Å². The Morgan fingerprint density at radius 1 is 1.11 bits per heavy atom. The third-order valence-corrected chi connectivity index (χ3v) is 3.13. The molecule has 2 rings (SSSR count). The molecule has 0 spiro atoms. The van der Waals surface area contributed by atoms with Crippen LogP contribution in [-0.4, -0.2) is 11.1 Å². The highest BCUT2D eigenvalue weighted by Crippen LogP contribution is 2.60. The van der Waals surface area contributed by atoms with Gasteiger partial charge in [-0.1, -0.05) is 0 Å². The van der Waals surface area contributed by atoms with Crippen LogP contribution >= 0.6 is 0 Å². The predicted molar refractivity (Wildman–Crippen MR) is 49.3 cm³/mol. The first-order valence-corrected chi connectivity index (χ1v) is 4.94. The average molecular weight is 277 g/mol. The fraction of sp³-hybridized carbons (Fsp3) is 0.273. The zero-order valence-electron chi connectivity index (χ0n) is 8.98. The average Bonchev–Trinajstić information content (AvgIpc) is 3.10. The van der Waals surface area contributed by atoms with Gasteiger partial charge >= 0.3 is 5.97 Å². The fourth-order valence-corrected chi connectivity index (χ4v) is 1.95. The van der Waals surface area contributed by atoms with Gasteiger partial charge in [-0.05, 0) is 6.42 Å². The molecule has 1 aliphatic carbocycles. The molecule has 0 radical (unpaired) electrons. The van der Waals surface area contributed by atoms with Crippen LogP contribution in [0.4, 0.5) is 22.0 Å². The largest absolute Gasteiger partial charge is 0.480 e. The highest BCUT2D eigenvalue weighted by Gasteiger charge is 2.64. The minimum Gasteiger partial charge on any atom is -0.480 e. The van der Waals surface area contributed by atoms with Crippen LogP contribution in [0.2, 0.25) is 0 Å². The molecule has 2 atom stereocenters. The highest BCUT2D eigenvalue weighted by atomic mass is 19.2. The van der Waals surface area contributed by atoms with E-state index in [0.29, 0.717) is 0 Å². The number of hydrogen-bond donors (Lipinski definition) is 1. The smallest absolute Gasteiger partial charge is 0.324 e. The number of hydrogen-bond acceptors (Lipinski definition) is 2. The number of carboxylic acid groups (broad SMARTS) is 1. The van der Waals surface area contributed by atoms with Crippen molar-refractivity contribution in [2.24, 2.45) is 5.41 Å². The number of rotatable bonds is 2. The minimum absolute atomic E-state index is 0.503. The molecule has 0 amide bonds. The van der Waals surface area contributed by atoms with Crippen molar-refractivity contribution in [3.63, 3.8) is 0 Å². The lowest BCUT2D eigenvalue weighted by molar-refractivity contribution is -0.141. The molecule has 0 saturated heterocycles. The topological polar surface area (TPSA) is 61.1 Å². The van der Waals surface area contributed by atoms with E-state index >= 15 is 0 Å². The first kappa shape index (κ1) is 13.3.